The number of nitrogens with zero attached hydrogens (tertiary/aromatic N) is 2. The van der Waals surface area contributed by atoms with Gasteiger partial charge in [0.2, 0.25) is 5.91 Å². The molecule has 34 heavy (non-hydrogen) atoms. The highest BCUT2D eigenvalue weighted by molar-refractivity contribution is 6.05. The van der Waals surface area contributed by atoms with Gasteiger partial charge in [0.15, 0.2) is 11.6 Å². The van der Waals surface area contributed by atoms with Crippen molar-refractivity contribution in [1.29, 1.82) is 0 Å². The minimum absolute atomic E-state index is 0.00134. The molecule has 0 spiro atoms. The molecule has 0 radical (unpaired) electrons. The average Bonchev–Trinajstić information content (AvgIpc) is 3.29. The molecule has 1 aliphatic carbocycles. The van der Waals surface area contributed by atoms with Crippen LogP contribution in [0, 0.1) is 5.82 Å². The van der Waals surface area contributed by atoms with Crippen molar-refractivity contribution in [3.05, 3.63) is 29.1 Å². The number of halogens is 1. The molecule has 3 aliphatic rings. The predicted octanol–water partition coefficient (Wildman–Crippen LogP) is 2.75. The number of rotatable bonds is 4. The Balaban J connectivity index is 1.47. The number of carbonyl (C=O) groups excluding carboxylic acids is 4. The fraction of sp³-hybridized carbons (Fsp3) is 0.583. The summed E-state index contributed by atoms with van der Waals surface area (Å²) in [5, 5.41) is 2.81. The maximum absolute atomic E-state index is 14.9. The number of ether oxygens (including phenoxy) is 2. The van der Waals surface area contributed by atoms with Crippen molar-refractivity contribution in [2.45, 2.75) is 83.2 Å². The second-order valence-electron chi connectivity index (χ2n) is 10.1. The SMILES string of the molecule is CN1C(=O)CCC(N2Cc3cc(O[C@H]4CCC[C@@H]4NC(=O)OC(C)(C)C)c(F)cc3C2=O)C1=O. The molecule has 10 heteroatoms. The van der Waals surface area contributed by atoms with Gasteiger partial charge in [0.05, 0.1) is 6.04 Å². The van der Waals surface area contributed by atoms with Gasteiger partial charge in [-0.15, -0.1) is 0 Å². The van der Waals surface area contributed by atoms with Crippen LogP contribution in [0.3, 0.4) is 0 Å². The zero-order valence-electron chi connectivity index (χ0n) is 19.9. The lowest BCUT2D eigenvalue weighted by Gasteiger charge is -2.33. The fourth-order valence-corrected chi connectivity index (χ4v) is 4.72. The number of fused-ring (bicyclic) bond motifs is 1. The van der Waals surface area contributed by atoms with Gasteiger partial charge in [0.25, 0.3) is 11.8 Å². The number of carbonyl (C=O) groups is 4. The molecule has 1 N–H and O–H groups in total. The van der Waals surface area contributed by atoms with Gasteiger partial charge in [-0.1, -0.05) is 0 Å². The summed E-state index contributed by atoms with van der Waals surface area (Å²) in [5.74, 6) is -1.83. The topological polar surface area (TPSA) is 105 Å². The Morgan fingerprint density at radius 1 is 1.15 bits per heavy atom. The number of benzene rings is 1. The number of piperidine rings is 1. The molecule has 9 nitrogen and oxygen atoms in total. The Labute approximate surface area is 197 Å². The van der Waals surface area contributed by atoms with E-state index in [9.17, 15) is 23.6 Å². The summed E-state index contributed by atoms with van der Waals surface area (Å²) in [6.07, 6.45) is 1.55. The third-order valence-corrected chi connectivity index (χ3v) is 6.42. The van der Waals surface area contributed by atoms with Gasteiger partial charge in [-0.05, 0) is 64.2 Å². The molecule has 1 saturated heterocycles. The minimum Gasteiger partial charge on any atom is -0.485 e. The van der Waals surface area contributed by atoms with E-state index in [0.717, 1.165) is 17.4 Å². The van der Waals surface area contributed by atoms with Crippen LogP contribution < -0.4 is 10.1 Å². The third-order valence-electron chi connectivity index (χ3n) is 6.42. The van der Waals surface area contributed by atoms with Gasteiger partial charge >= 0.3 is 6.09 Å². The number of likely N-dealkylation sites (N-methyl/N-ethyl adjacent to an activating group) is 1. The molecule has 0 aromatic heterocycles. The normalized spacial score (nSPS) is 25.0. The van der Waals surface area contributed by atoms with Crippen molar-refractivity contribution in [2.24, 2.45) is 0 Å². The molecule has 2 heterocycles. The van der Waals surface area contributed by atoms with Crippen molar-refractivity contribution in [3.8, 4) is 5.75 Å². The van der Waals surface area contributed by atoms with Crippen molar-refractivity contribution in [3.63, 3.8) is 0 Å². The summed E-state index contributed by atoms with van der Waals surface area (Å²) in [6, 6.07) is 1.55. The van der Waals surface area contributed by atoms with E-state index >= 15 is 0 Å². The quantitative estimate of drug-likeness (QED) is 0.672. The number of nitrogens with one attached hydrogen (secondary N) is 1. The lowest BCUT2D eigenvalue weighted by atomic mass is 10.0. The molecule has 3 atom stereocenters. The molecule has 1 aromatic rings. The smallest absolute Gasteiger partial charge is 0.408 e. The summed E-state index contributed by atoms with van der Waals surface area (Å²) in [5.41, 5.74) is 0.112. The summed E-state index contributed by atoms with van der Waals surface area (Å²) in [7, 11) is 1.40. The summed E-state index contributed by atoms with van der Waals surface area (Å²) in [4.78, 5) is 51.9. The first-order valence-electron chi connectivity index (χ1n) is 11.5. The molecule has 4 rings (SSSR count). The van der Waals surface area contributed by atoms with Gasteiger partial charge < -0.3 is 19.7 Å². The summed E-state index contributed by atoms with van der Waals surface area (Å²) < 4.78 is 26.2. The number of hydrogen-bond donors (Lipinski definition) is 1. The molecule has 0 bridgehead atoms. The molecule has 1 unspecified atom stereocenters. The second kappa shape index (κ2) is 8.88. The highest BCUT2D eigenvalue weighted by Gasteiger charge is 2.42. The Kier molecular flexibility index (Phi) is 6.26. The Hall–Kier alpha value is -3.17. The monoisotopic (exact) mass is 475 g/mol. The van der Waals surface area contributed by atoms with E-state index in [1.165, 1.54) is 18.0 Å². The average molecular weight is 476 g/mol. The number of alkyl carbamates (subject to hydrolysis) is 1. The van der Waals surface area contributed by atoms with Crippen LogP contribution in [0.4, 0.5) is 9.18 Å². The van der Waals surface area contributed by atoms with E-state index < -0.39 is 41.5 Å². The lowest BCUT2D eigenvalue weighted by Crippen LogP contribution is -2.53. The number of imide groups is 1. The molecular formula is C24H30FN3O6. The second-order valence-corrected chi connectivity index (χ2v) is 10.1. The van der Waals surface area contributed by atoms with Gasteiger partial charge in [-0.25, -0.2) is 9.18 Å². The number of likely N-dealkylation sites (tertiary alicyclic amines) is 1. The summed E-state index contributed by atoms with van der Waals surface area (Å²) in [6.45, 7) is 5.46. The van der Waals surface area contributed by atoms with Gasteiger partial charge in [0, 0.05) is 25.6 Å². The largest absolute Gasteiger partial charge is 0.485 e. The van der Waals surface area contributed by atoms with E-state index in [2.05, 4.69) is 5.32 Å². The van der Waals surface area contributed by atoms with E-state index in [0.29, 0.717) is 18.4 Å². The highest BCUT2D eigenvalue weighted by atomic mass is 19.1. The molecule has 2 aliphatic heterocycles. The third kappa shape index (κ3) is 4.71. The van der Waals surface area contributed by atoms with Crippen molar-refractivity contribution >= 4 is 23.8 Å². The molecule has 4 amide bonds. The molecule has 1 saturated carbocycles. The number of amides is 4. The standard InChI is InChI=1S/C24H30FN3O6/c1-24(2,3)34-23(32)26-16-6-5-7-18(16)33-19-10-13-12-28(21(30)14(13)11-15(19)25)17-8-9-20(29)27(4)22(17)31/h10-11,16-18H,5-9,12H2,1-4H3,(H,26,32)/t16-,17?,18-/m0/s1. The van der Waals surface area contributed by atoms with Gasteiger partial charge in [-0.2, -0.15) is 0 Å². The summed E-state index contributed by atoms with van der Waals surface area (Å²) >= 11 is 0. The van der Waals surface area contributed by atoms with Crippen LogP contribution in [-0.2, 0) is 20.9 Å². The molecule has 2 fully saturated rings. The first-order chi connectivity index (χ1) is 15.9. The Bertz CT molecular complexity index is 1040. The van der Waals surface area contributed by atoms with Crippen LogP contribution in [-0.4, -0.2) is 64.5 Å². The first-order valence-corrected chi connectivity index (χ1v) is 11.5. The van der Waals surface area contributed by atoms with E-state index in [-0.39, 0.29) is 42.6 Å². The number of hydrogen-bond acceptors (Lipinski definition) is 6. The Morgan fingerprint density at radius 2 is 1.88 bits per heavy atom. The lowest BCUT2D eigenvalue weighted by molar-refractivity contribution is -0.150. The minimum atomic E-state index is -0.757. The van der Waals surface area contributed by atoms with E-state index in [1.54, 1.807) is 20.8 Å². The fourth-order valence-electron chi connectivity index (χ4n) is 4.72. The molecule has 1 aromatic carbocycles. The van der Waals surface area contributed by atoms with Crippen LogP contribution >= 0.6 is 0 Å². The highest BCUT2D eigenvalue weighted by Crippen LogP contribution is 2.34. The van der Waals surface area contributed by atoms with Gasteiger partial charge in [-0.3, -0.25) is 19.3 Å². The first kappa shape index (κ1) is 24.0. The Morgan fingerprint density at radius 3 is 2.59 bits per heavy atom. The van der Waals surface area contributed by atoms with Crippen molar-refractivity contribution < 1.29 is 33.0 Å². The predicted molar refractivity (Wildman–Crippen MR) is 118 cm³/mol. The van der Waals surface area contributed by atoms with E-state index in [1.807, 2.05) is 0 Å². The van der Waals surface area contributed by atoms with Gasteiger partial charge in [0.1, 0.15) is 17.7 Å². The van der Waals surface area contributed by atoms with Crippen molar-refractivity contribution in [2.75, 3.05) is 7.05 Å². The zero-order chi connectivity index (χ0) is 24.8. The van der Waals surface area contributed by atoms with Crippen LogP contribution in [0.25, 0.3) is 0 Å². The van der Waals surface area contributed by atoms with Crippen LogP contribution in [0.2, 0.25) is 0 Å². The zero-order valence-corrected chi connectivity index (χ0v) is 19.9. The maximum atomic E-state index is 14.9. The van der Waals surface area contributed by atoms with Crippen molar-refractivity contribution in [1.82, 2.24) is 15.1 Å². The molecule has 184 valence electrons. The van der Waals surface area contributed by atoms with Crippen LogP contribution in [0.5, 0.6) is 5.75 Å². The van der Waals surface area contributed by atoms with E-state index in [4.69, 9.17) is 9.47 Å². The maximum Gasteiger partial charge on any atom is 0.408 e. The van der Waals surface area contributed by atoms with Crippen LogP contribution in [0.15, 0.2) is 12.1 Å². The van der Waals surface area contributed by atoms with Crippen LogP contribution in [0.1, 0.15) is 68.8 Å². The molecular weight excluding hydrogens is 445 g/mol.